The molecule has 20 heavy (non-hydrogen) atoms. The summed E-state index contributed by atoms with van der Waals surface area (Å²) in [4.78, 5) is 14.5. The van der Waals surface area contributed by atoms with Crippen LogP contribution >= 0.6 is 23.2 Å². The van der Waals surface area contributed by atoms with E-state index in [1.54, 1.807) is 18.2 Å². The molecule has 1 amide bonds. The third kappa shape index (κ3) is 2.54. The first-order chi connectivity index (χ1) is 9.56. The van der Waals surface area contributed by atoms with Crippen LogP contribution in [0.1, 0.15) is 29.6 Å². The van der Waals surface area contributed by atoms with Crippen molar-refractivity contribution in [3.05, 3.63) is 33.8 Å². The molecule has 2 N–H and O–H groups in total. The van der Waals surface area contributed by atoms with E-state index in [9.17, 15) is 4.79 Å². The molecule has 1 aromatic rings. The molecule has 5 heteroatoms. The largest absolute Gasteiger partial charge is 0.338 e. The lowest BCUT2D eigenvalue weighted by Gasteiger charge is -2.27. The number of nitrogens with zero attached hydrogens (tertiary/aromatic N) is 1. The summed E-state index contributed by atoms with van der Waals surface area (Å²) in [6.45, 7) is 1.58. The average Bonchev–Trinajstić information content (AvgIpc) is 2.81. The van der Waals surface area contributed by atoms with E-state index >= 15 is 0 Å². The third-order valence-electron chi connectivity index (χ3n) is 4.55. The number of halogens is 2. The predicted molar refractivity (Wildman–Crippen MR) is 81.2 cm³/mol. The Balaban J connectivity index is 1.79. The summed E-state index contributed by atoms with van der Waals surface area (Å²) >= 11 is 12.3. The molecule has 1 unspecified atom stereocenters. The monoisotopic (exact) mass is 312 g/mol. The zero-order valence-electron chi connectivity index (χ0n) is 11.2. The first-order valence-corrected chi connectivity index (χ1v) is 7.80. The smallest absolute Gasteiger partial charge is 0.256 e. The van der Waals surface area contributed by atoms with Gasteiger partial charge in [-0.15, -0.1) is 0 Å². The Kier molecular flexibility index (Phi) is 3.93. The number of likely N-dealkylation sites (tertiary alicyclic amines) is 1. The lowest BCUT2D eigenvalue weighted by molar-refractivity contribution is 0.0784. The van der Waals surface area contributed by atoms with Crippen molar-refractivity contribution in [2.45, 2.75) is 25.3 Å². The van der Waals surface area contributed by atoms with Gasteiger partial charge in [-0.3, -0.25) is 4.79 Å². The predicted octanol–water partition coefficient (Wildman–Crippen LogP) is 3.19. The maximum absolute atomic E-state index is 12.6. The van der Waals surface area contributed by atoms with Crippen molar-refractivity contribution in [2.75, 3.05) is 13.1 Å². The summed E-state index contributed by atoms with van der Waals surface area (Å²) in [6, 6.07) is 5.46. The molecule has 108 valence electrons. The molecular weight excluding hydrogens is 295 g/mol. The van der Waals surface area contributed by atoms with Crippen LogP contribution in [0.5, 0.6) is 0 Å². The molecule has 3 atom stereocenters. The van der Waals surface area contributed by atoms with Gasteiger partial charge in [-0.1, -0.05) is 29.3 Å². The first kappa shape index (κ1) is 14.2. The molecule has 0 aromatic heterocycles. The van der Waals surface area contributed by atoms with Crippen LogP contribution in [0.4, 0.5) is 0 Å². The van der Waals surface area contributed by atoms with E-state index in [0.717, 1.165) is 32.4 Å². The second kappa shape index (κ2) is 5.55. The topological polar surface area (TPSA) is 46.3 Å². The maximum atomic E-state index is 12.6. The van der Waals surface area contributed by atoms with Gasteiger partial charge in [-0.2, -0.15) is 0 Å². The second-order valence-corrected chi connectivity index (χ2v) is 6.71. The molecule has 2 fully saturated rings. The lowest BCUT2D eigenvalue weighted by Crippen LogP contribution is -2.32. The fourth-order valence-corrected chi connectivity index (χ4v) is 4.05. The van der Waals surface area contributed by atoms with Crippen LogP contribution in [0.25, 0.3) is 0 Å². The molecule has 0 bridgehead atoms. The Hall–Kier alpha value is -0.770. The van der Waals surface area contributed by atoms with Crippen LogP contribution in [-0.2, 0) is 0 Å². The van der Waals surface area contributed by atoms with Crippen molar-refractivity contribution >= 4 is 29.1 Å². The molecule has 0 radical (unpaired) electrons. The lowest BCUT2D eigenvalue weighted by atomic mass is 9.79. The van der Waals surface area contributed by atoms with Crippen LogP contribution in [0, 0.1) is 11.8 Å². The molecule has 2 aliphatic rings. The van der Waals surface area contributed by atoms with E-state index in [1.165, 1.54) is 0 Å². The van der Waals surface area contributed by atoms with Crippen LogP contribution in [-0.4, -0.2) is 29.9 Å². The highest BCUT2D eigenvalue weighted by Crippen LogP contribution is 2.37. The van der Waals surface area contributed by atoms with Crippen LogP contribution < -0.4 is 5.73 Å². The van der Waals surface area contributed by atoms with Crippen molar-refractivity contribution in [2.24, 2.45) is 17.6 Å². The number of nitrogens with two attached hydrogens (primary N) is 1. The highest BCUT2D eigenvalue weighted by molar-refractivity contribution is 6.39. The van der Waals surface area contributed by atoms with Crippen molar-refractivity contribution in [1.82, 2.24) is 4.90 Å². The minimum absolute atomic E-state index is 0.0522. The second-order valence-electron chi connectivity index (χ2n) is 5.90. The van der Waals surface area contributed by atoms with Gasteiger partial charge in [0.1, 0.15) is 0 Å². The number of rotatable bonds is 1. The van der Waals surface area contributed by atoms with E-state index in [-0.39, 0.29) is 11.9 Å². The van der Waals surface area contributed by atoms with Gasteiger partial charge in [0.05, 0.1) is 15.6 Å². The molecule has 1 aromatic carbocycles. The zero-order valence-corrected chi connectivity index (χ0v) is 12.7. The third-order valence-corrected chi connectivity index (χ3v) is 5.18. The average molecular weight is 313 g/mol. The van der Waals surface area contributed by atoms with E-state index in [1.807, 2.05) is 4.90 Å². The van der Waals surface area contributed by atoms with Gasteiger partial charge in [0.15, 0.2) is 0 Å². The molecule has 1 heterocycles. The van der Waals surface area contributed by atoms with E-state index in [0.29, 0.717) is 27.4 Å². The Morgan fingerprint density at radius 1 is 1.15 bits per heavy atom. The van der Waals surface area contributed by atoms with Crippen molar-refractivity contribution in [3.8, 4) is 0 Å². The molecule has 3 rings (SSSR count). The summed E-state index contributed by atoms with van der Waals surface area (Å²) in [7, 11) is 0. The number of benzene rings is 1. The molecule has 3 nitrogen and oxygen atoms in total. The number of carbonyl (C=O) groups is 1. The van der Waals surface area contributed by atoms with Gasteiger partial charge >= 0.3 is 0 Å². The quantitative estimate of drug-likeness (QED) is 0.865. The minimum Gasteiger partial charge on any atom is -0.338 e. The minimum atomic E-state index is -0.0522. The molecule has 1 saturated heterocycles. The number of amides is 1. The fraction of sp³-hybridized carbons (Fsp3) is 0.533. The molecule has 0 spiro atoms. The van der Waals surface area contributed by atoms with Gasteiger partial charge in [0, 0.05) is 19.1 Å². The van der Waals surface area contributed by atoms with Gasteiger partial charge in [-0.25, -0.2) is 0 Å². The summed E-state index contributed by atoms with van der Waals surface area (Å²) in [5.41, 5.74) is 6.46. The number of hydrogen-bond donors (Lipinski definition) is 1. The van der Waals surface area contributed by atoms with Gasteiger partial charge in [0.2, 0.25) is 0 Å². The summed E-state index contributed by atoms with van der Waals surface area (Å²) in [5.74, 6) is 1.06. The highest BCUT2D eigenvalue weighted by Gasteiger charge is 2.39. The maximum Gasteiger partial charge on any atom is 0.256 e. The number of fused-ring (bicyclic) bond motifs is 1. The van der Waals surface area contributed by atoms with Crippen molar-refractivity contribution < 1.29 is 4.79 Å². The normalized spacial score (nSPS) is 29.4. The fourth-order valence-electron chi connectivity index (χ4n) is 3.49. The summed E-state index contributed by atoms with van der Waals surface area (Å²) in [6.07, 6.45) is 3.20. The molecule has 1 aliphatic heterocycles. The molecule has 1 aliphatic carbocycles. The van der Waals surface area contributed by atoms with Crippen LogP contribution in [0.3, 0.4) is 0 Å². The Morgan fingerprint density at radius 3 is 2.50 bits per heavy atom. The Bertz CT molecular complexity index is 514. The SMILES string of the molecule is NC1CC[C@@H]2CN(C(=O)c3c(Cl)cccc3Cl)C[C@@H]2C1. The first-order valence-electron chi connectivity index (χ1n) is 7.05. The van der Waals surface area contributed by atoms with E-state index < -0.39 is 0 Å². The molecule has 1 saturated carbocycles. The van der Waals surface area contributed by atoms with E-state index in [2.05, 4.69) is 0 Å². The van der Waals surface area contributed by atoms with Crippen molar-refractivity contribution in [3.63, 3.8) is 0 Å². The summed E-state index contributed by atoms with van der Waals surface area (Å²) in [5, 5.41) is 0.850. The van der Waals surface area contributed by atoms with Gasteiger partial charge in [0.25, 0.3) is 5.91 Å². The Morgan fingerprint density at radius 2 is 1.80 bits per heavy atom. The Labute approximate surface area is 129 Å². The number of hydrogen-bond acceptors (Lipinski definition) is 2. The van der Waals surface area contributed by atoms with Crippen molar-refractivity contribution in [1.29, 1.82) is 0 Å². The summed E-state index contributed by atoms with van der Waals surface area (Å²) < 4.78 is 0. The van der Waals surface area contributed by atoms with E-state index in [4.69, 9.17) is 28.9 Å². The van der Waals surface area contributed by atoms with Crippen LogP contribution in [0.2, 0.25) is 10.0 Å². The number of carbonyl (C=O) groups excluding carboxylic acids is 1. The van der Waals surface area contributed by atoms with Gasteiger partial charge in [-0.05, 0) is 43.2 Å². The van der Waals surface area contributed by atoms with Gasteiger partial charge < -0.3 is 10.6 Å². The standard InChI is InChI=1S/C15H18Cl2N2O/c16-12-2-1-3-13(17)14(12)15(20)19-7-9-4-5-11(18)6-10(9)8-19/h1-3,9-11H,4-8,18H2/t9-,10+,11?/m1/s1. The zero-order chi connectivity index (χ0) is 14.3. The van der Waals surface area contributed by atoms with Crippen LogP contribution in [0.15, 0.2) is 18.2 Å². The highest BCUT2D eigenvalue weighted by atomic mass is 35.5. The molecular formula is C15H18Cl2N2O.